The van der Waals surface area contributed by atoms with Crippen LogP contribution in [0.5, 0.6) is 0 Å². The minimum Gasteiger partial charge on any atom is -0.378 e. The number of hydrogen-bond donors (Lipinski definition) is 2. The van der Waals surface area contributed by atoms with E-state index in [0.29, 0.717) is 24.4 Å². The van der Waals surface area contributed by atoms with Crippen molar-refractivity contribution >= 4 is 38.2 Å². The molecule has 1 saturated heterocycles. The molecule has 0 radical (unpaired) electrons. The molecular formula is C20H20N4O4S. The first-order valence-electron chi connectivity index (χ1n) is 9.09. The lowest BCUT2D eigenvalue weighted by molar-refractivity contribution is 0.1000. The number of benzene rings is 2. The Morgan fingerprint density at radius 3 is 2.66 bits per heavy atom. The Bertz CT molecular complexity index is 1170. The van der Waals surface area contributed by atoms with Crippen LogP contribution >= 0.6 is 0 Å². The SMILES string of the molecule is NC(=O)c1cccc(S(=O)(=O)Nc2ccc(N3CCOCC3)c3cccnc23)c1. The summed E-state index contributed by atoms with van der Waals surface area (Å²) in [4.78, 5) is 17.9. The summed E-state index contributed by atoms with van der Waals surface area (Å²) in [7, 11) is -3.93. The predicted molar refractivity (Wildman–Crippen MR) is 111 cm³/mol. The summed E-state index contributed by atoms with van der Waals surface area (Å²) in [5.41, 5.74) is 7.28. The van der Waals surface area contributed by atoms with E-state index in [9.17, 15) is 13.2 Å². The second-order valence-electron chi connectivity index (χ2n) is 6.63. The van der Waals surface area contributed by atoms with Crippen LogP contribution in [-0.4, -0.2) is 45.6 Å². The number of carbonyl (C=O) groups excluding carboxylic acids is 1. The van der Waals surface area contributed by atoms with Gasteiger partial charge in [-0.05, 0) is 42.5 Å². The van der Waals surface area contributed by atoms with Crippen LogP contribution in [-0.2, 0) is 14.8 Å². The number of nitrogens with one attached hydrogen (secondary N) is 1. The first kappa shape index (κ1) is 19.2. The second kappa shape index (κ2) is 7.69. The minimum absolute atomic E-state index is 0.0462. The van der Waals surface area contributed by atoms with Crippen molar-refractivity contribution in [2.24, 2.45) is 5.73 Å². The number of fused-ring (bicyclic) bond motifs is 1. The number of nitrogens with two attached hydrogens (primary N) is 1. The lowest BCUT2D eigenvalue weighted by atomic mass is 10.1. The molecule has 0 unspecified atom stereocenters. The Labute approximate surface area is 168 Å². The fourth-order valence-corrected chi connectivity index (χ4v) is 4.45. The molecule has 3 aromatic rings. The molecule has 9 heteroatoms. The van der Waals surface area contributed by atoms with Gasteiger partial charge in [-0.25, -0.2) is 8.42 Å². The number of anilines is 2. The van der Waals surface area contributed by atoms with Crippen molar-refractivity contribution in [3.05, 3.63) is 60.3 Å². The maximum absolute atomic E-state index is 12.9. The van der Waals surface area contributed by atoms with E-state index in [2.05, 4.69) is 14.6 Å². The number of nitrogens with zero attached hydrogens (tertiary/aromatic N) is 2. The number of ether oxygens (including phenoxy) is 1. The molecule has 4 rings (SSSR count). The normalized spacial score (nSPS) is 14.7. The number of hydrogen-bond acceptors (Lipinski definition) is 6. The highest BCUT2D eigenvalue weighted by Gasteiger charge is 2.20. The van der Waals surface area contributed by atoms with Gasteiger partial charge in [0.15, 0.2) is 0 Å². The minimum atomic E-state index is -3.93. The maximum atomic E-state index is 12.9. The monoisotopic (exact) mass is 412 g/mol. The zero-order valence-corrected chi connectivity index (χ0v) is 16.4. The van der Waals surface area contributed by atoms with Gasteiger partial charge in [0.25, 0.3) is 10.0 Å². The second-order valence-corrected chi connectivity index (χ2v) is 8.31. The molecule has 2 aromatic carbocycles. The van der Waals surface area contributed by atoms with E-state index in [1.165, 1.54) is 24.3 Å². The summed E-state index contributed by atoms with van der Waals surface area (Å²) >= 11 is 0. The summed E-state index contributed by atoms with van der Waals surface area (Å²) in [5.74, 6) is -0.691. The van der Waals surface area contributed by atoms with Gasteiger partial charge in [0, 0.05) is 35.9 Å². The highest BCUT2D eigenvalue weighted by molar-refractivity contribution is 7.92. The van der Waals surface area contributed by atoms with E-state index in [-0.39, 0.29) is 10.5 Å². The van der Waals surface area contributed by atoms with E-state index in [0.717, 1.165) is 24.2 Å². The van der Waals surface area contributed by atoms with Crippen molar-refractivity contribution in [1.29, 1.82) is 0 Å². The van der Waals surface area contributed by atoms with Gasteiger partial charge < -0.3 is 15.4 Å². The van der Waals surface area contributed by atoms with Crippen LogP contribution < -0.4 is 15.4 Å². The first-order chi connectivity index (χ1) is 14.0. The largest absolute Gasteiger partial charge is 0.378 e. The zero-order valence-electron chi connectivity index (χ0n) is 15.5. The maximum Gasteiger partial charge on any atom is 0.261 e. The highest BCUT2D eigenvalue weighted by Crippen LogP contribution is 2.32. The van der Waals surface area contributed by atoms with Crippen LogP contribution in [0.3, 0.4) is 0 Å². The molecule has 150 valence electrons. The zero-order chi connectivity index (χ0) is 20.4. The lowest BCUT2D eigenvalue weighted by Crippen LogP contribution is -2.36. The standard InChI is InChI=1S/C20H20N4O4S/c21-20(25)14-3-1-4-15(13-14)29(26,27)23-17-6-7-18(24-9-11-28-12-10-24)16-5-2-8-22-19(16)17/h1-8,13,23H,9-12H2,(H2,21,25). The molecule has 0 spiro atoms. The van der Waals surface area contributed by atoms with E-state index < -0.39 is 15.9 Å². The first-order valence-corrected chi connectivity index (χ1v) is 10.6. The molecule has 1 amide bonds. The summed E-state index contributed by atoms with van der Waals surface area (Å²) in [6.45, 7) is 2.81. The van der Waals surface area contributed by atoms with Gasteiger partial charge in [0.1, 0.15) is 0 Å². The Kier molecular flexibility index (Phi) is 5.08. The Morgan fingerprint density at radius 1 is 1.10 bits per heavy atom. The number of morpholine rings is 1. The molecule has 29 heavy (non-hydrogen) atoms. The van der Waals surface area contributed by atoms with Crippen molar-refractivity contribution in [1.82, 2.24) is 4.98 Å². The van der Waals surface area contributed by atoms with Crippen LogP contribution in [0.4, 0.5) is 11.4 Å². The van der Waals surface area contributed by atoms with Gasteiger partial charge in [-0.15, -0.1) is 0 Å². The van der Waals surface area contributed by atoms with Crippen molar-refractivity contribution in [3.8, 4) is 0 Å². The van der Waals surface area contributed by atoms with Crippen molar-refractivity contribution in [3.63, 3.8) is 0 Å². The molecular weight excluding hydrogens is 392 g/mol. The topological polar surface area (TPSA) is 115 Å². The number of pyridine rings is 1. The summed E-state index contributed by atoms with van der Waals surface area (Å²) < 4.78 is 33.8. The lowest BCUT2D eigenvalue weighted by Gasteiger charge is -2.30. The number of amides is 1. The molecule has 0 bridgehead atoms. The van der Waals surface area contributed by atoms with Gasteiger partial charge in [-0.2, -0.15) is 0 Å². The van der Waals surface area contributed by atoms with Crippen LogP contribution in [0.15, 0.2) is 59.6 Å². The van der Waals surface area contributed by atoms with E-state index >= 15 is 0 Å². The molecule has 1 aromatic heterocycles. The number of aromatic nitrogens is 1. The van der Waals surface area contributed by atoms with Gasteiger partial charge >= 0.3 is 0 Å². The van der Waals surface area contributed by atoms with E-state index in [1.54, 1.807) is 12.3 Å². The molecule has 1 aliphatic heterocycles. The van der Waals surface area contributed by atoms with Crippen molar-refractivity contribution in [2.45, 2.75) is 4.90 Å². The van der Waals surface area contributed by atoms with Crippen molar-refractivity contribution in [2.75, 3.05) is 35.9 Å². The molecule has 1 aliphatic rings. The average Bonchev–Trinajstić information content (AvgIpc) is 2.74. The Balaban J connectivity index is 1.73. The highest BCUT2D eigenvalue weighted by atomic mass is 32.2. The fraction of sp³-hybridized carbons (Fsp3) is 0.200. The number of sulfonamides is 1. The van der Waals surface area contributed by atoms with Gasteiger partial charge in [-0.1, -0.05) is 6.07 Å². The predicted octanol–water partition coefficient (Wildman–Crippen LogP) is 1.97. The molecule has 2 heterocycles. The molecule has 0 atom stereocenters. The van der Waals surface area contributed by atoms with Crippen LogP contribution in [0.2, 0.25) is 0 Å². The van der Waals surface area contributed by atoms with Crippen LogP contribution in [0, 0.1) is 0 Å². The number of carbonyl (C=O) groups is 1. The molecule has 8 nitrogen and oxygen atoms in total. The average molecular weight is 412 g/mol. The van der Waals surface area contributed by atoms with Crippen LogP contribution in [0.25, 0.3) is 10.9 Å². The number of primary amides is 1. The Hall–Kier alpha value is -3.17. The summed E-state index contributed by atoms with van der Waals surface area (Å²) in [6.07, 6.45) is 1.62. The Morgan fingerprint density at radius 2 is 1.90 bits per heavy atom. The third-order valence-electron chi connectivity index (χ3n) is 4.77. The van der Waals surface area contributed by atoms with Crippen LogP contribution in [0.1, 0.15) is 10.4 Å². The van der Waals surface area contributed by atoms with E-state index in [1.807, 2.05) is 18.2 Å². The van der Waals surface area contributed by atoms with E-state index in [4.69, 9.17) is 10.5 Å². The quantitative estimate of drug-likeness (QED) is 0.662. The van der Waals surface area contributed by atoms with Gasteiger partial charge in [-0.3, -0.25) is 14.5 Å². The summed E-state index contributed by atoms with van der Waals surface area (Å²) in [6, 6.07) is 12.9. The van der Waals surface area contributed by atoms with Crippen molar-refractivity contribution < 1.29 is 17.9 Å². The third-order valence-corrected chi connectivity index (χ3v) is 6.13. The summed E-state index contributed by atoms with van der Waals surface area (Å²) in [5, 5.41) is 0.848. The van der Waals surface area contributed by atoms with Gasteiger partial charge in [0.05, 0.1) is 29.3 Å². The number of rotatable bonds is 5. The molecule has 0 saturated carbocycles. The molecule has 3 N–H and O–H groups in total. The fourth-order valence-electron chi connectivity index (χ4n) is 3.34. The smallest absolute Gasteiger partial charge is 0.261 e. The third kappa shape index (κ3) is 3.87. The molecule has 0 aliphatic carbocycles. The molecule has 1 fully saturated rings. The van der Waals surface area contributed by atoms with Gasteiger partial charge in [0.2, 0.25) is 5.91 Å².